The first-order valence-electron chi connectivity index (χ1n) is 3.52. The van der Waals surface area contributed by atoms with Crippen LogP contribution in [0.1, 0.15) is 19.8 Å². The number of hydrogen-bond donors (Lipinski definition) is 3. The molecule has 0 fully saturated rings. The fourth-order valence-corrected chi connectivity index (χ4v) is 0.659. The highest BCUT2D eigenvalue weighted by Gasteiger charge is 2.09. The molecule has 0 aromatic rings. The number of nitrogens with one attached hydrogen (secondary N) is 1. The van der Waals surface area contributed by atoms with Crippen LogP contribution >= 0.6 is 0 Å². The van der Waals surface area contributed by atoms with Crippen molar-refractivity contribution in [2.24, 2.45) is 5.73 Å². The van der Waals surface area contributed by atoms with Crippen LogP contribution in [0.25, 0.3) is 0 Å². The van der Waals surface area contributed by atoms with E-state index in [1.807, 2.05) is 0 Å². The van der Waals surface area contributed by atoms with Crippen molar-refractivity contribution in [3.05, 3.63) is 0 Å². The predicted octanol–water partition coefficient (Wildman–Crippen LogP) is -0.305. The zero-order chi connectivity index (χ0) is 8.85. The van der Waals surface area contributed by atoms with Crippen molar-refractivity contribution >= 4 is 11.5 Å². The van der Waals surface area contributed by atoms with Gasteiger partial charge < -0.3 is 16.2 Å². The maximum Gasteiger partial charge on any atom is 0.177 e. The van der Waals surface area contributed by atoms with Crippen LogP contribution in [0.4, 0.5) is 0 Å². The summed E-state index contributed by atoms with van der Waals surface area (Å²) in [5.41, 5.74) is 5.47. The highest BCUT2D eigenvalue weighted by Crippen LogP contribution is 1.95. The van der Waals surface area contributed by atoms with E-state index in [1.54, 1.807) is 0 Å². The minimum absolute atomic E-state index is 0.00844. The van der Waals surface area contributed by atoms with Crippen LogP contribution in [0.15, 0.2) is 0 Å². The van der Waals surface area contributed by atoms with E-state index in [4.69, 9.17) is 16.2 Å². The van der Waals surface area contributed by atoms with Crippen molar-refractivity contribution in [3.63, 3.8) is 0 Å². The molecule has 0 aliphatic rings. The number of rotatable bonds is 5. The van der Waals surface area contributed by atoms with Crippen LogP contribution in [-0.2, 0) is 4.79 Å². The summed E-state index contributed by atoms with van der Waals surface area (Å²) in [7, 11) is 0. The molecule has 1 unspecified atom stereocenters. The summed E-state index contributed by atoms with van der Waals surface area (Å²) in [6, 6.07) is -0.312. The molecular weight excluding hydrogens is 144 g/mol. The number of nitrogens with two attached hydrogens (primary N) is 1. The smallest absolute Gasteiger partial charge is 0.177 e. The molecule has 0 rings (SSSR count). The Hall–Kier alpha value is -0.740. The van der Waals surface area contributed by atoms with Gasteiger partial charge in [-0.15, -0.1) is 0 Å². The summed E-state index contributed by atoms with van der Waals surface area (Å²) in [5, 5.41) is 15.4. The van der Waals surface area contributed by atoms with Gasteiger partial charge in [-0.05, 0) is 13.3 Å². The Morgan fingerprint density at radius 3 is 2.64 bits per heavy atom. The average molecular weight is 158 g/mol. The molecule has 0 bridgehead atoms. The highest BCUT2D eigenvalue weighted by molar-refractivity contribution is 6.37. The summed E-state index contributed by atoms with van der Waals surface area (Å²) in [6.45, 7) is 1.43. The summed E-state index contributed by atoms with van der Waals surface area (Å²) < 4.78 is 0. The van der Waals surface area contributed by atoms with Gasteiger partial charge >= 0.3 is 0 Å². The molecule has 0 spiro atoms. The van der Waals surface area contributed by atoms with E-state index in [1.165, 1.54) is 6.92 Å². The predicted molar refractivity (Wildman–Crippen MR) is 42.7 cm³/mol. The molecule has 4 N–H and O–H groups in total. The van der Waals surface area contributed by atoms with Gasteiger partial charge in [0.05, 0.1) is 5.71 Å². The first kappa shape index (κ1) is 10.3. The Balaban J connectivity index is 3.66. The summed E-state index contributed by atoms with van der Waals surface area (Å²) >= 11 is 0. The van der Waals surface area contributed by atoms with Gasteiger partial charge in [-0.2, -0.15) is 0 Å². The van der Waals surface area contributed by atoms with E-state index in [2.05, 4.69) is 0 Å². The Bertz CT molecular complexity index is 157. The lowest BCUT2D eigenvalue weighted by atomic mass is 10.1. The molecule has 1 atom stereocenters. The standard InChI is InChI=1S/C7H14N2O2/c1-5(8)7(11)4-6(9)2-3-10/h6,8,10H,2-4,9H2,1H3. The number of hydrogen-bond acceptors (Lipinski definition) is 4. The van der Waals surface area contributed by atoms with Crippen LogP contribution in [0, 0.1) is 5.41 Å². The summed E-state index contributed by atoms with van der Waals surface area (Å²) in [4.78, 5) is 10.8. The minimum atomic E-state index is -0.312. The molecule has 4 heteroatoms. The lowest BCUT2D eigenvalue weighted by Crippen LogP contribution is -2.27. The quantitative estimate of drug-likeness (QED) is 0.480. The number of carbonyl (C=O) groups is 1. The van der Waals surface area contributed by atoms with Crippen LogP contribution in [0.5, 0.6) is 0 Å². The second-order valence-electron chi connectivity index (χ2n) is 2.52. The molecule has 0 saturated heterocycles. The Morgan fingerprint density at radius 2 is 2.27 bits per heavy atom. The van der Waals surface area contributed by atoms with Gasteiger partial charge in [0, 0.05) is 19.1 Å². The van der Waals surface area contributed by atoms with Crippen LogP contribution < -0.4 is 5.73 Å². The number of aliphatic hydroxyl groups excluding tert-OH is 1. The van der Waals surface area contributed by atoms with Gasteiger partial charge in [-0.1, -0.05) is 0 Å². The average Bonchev–Trinajstić information content (AvgIpc) is 1.87. The van der Waals surface area contributed by atoms with E-state index in [9.17, 15) is 4.79 Å². The van der Waals surface area contributed by atoms with Crippen molar-refractivity contribution in [1.82, 2.24) is 0 Å². The number of Topliss-reactive ketones (excluding diaryl/α,β-unsaturated/α-hetero) is 1. The third-order valence-electron chi connectivity index (χ3n) is 1.37. The molecule has 0 aromatic carbocycles. The van der Waals surface area contributed by atoms with Crippen molar-refractivity contribution in [2.45, 2.75) is 25.8 Å². The van der Waals surface area contributed by atoms with Crippen molar-refractivity contribution in [1.29, 1.82) is 5.41 Å². The fraction of sp³-hybridized carbons (Fsp3) is 0.714. The summed E-state index contributed by atoms with van der Waals surface area (Å²) in [6.07, 6.45) is 0.578. The van der Waals surface area contributed by atoms with Gasteiger partial charge in [0.2, 0.25) is 0 Å². The van der Waals surface area contributed by atoms with Crippen molar-refractivity contribution in [2.75, 3.05) is 6.61 Å². The zero-order valence-electron chi connectivity index (χ0n) is 6.63. The van der Waals surface area contributed by atoms with Gasteiger partial charge in [0.25, 0.3) is 0 Å². The Kier molecular flexibility index (Phi) is 4.65. The SMILES string of the molecule is CC(=N)C(=O)CC(N)CCO. The molecule has 0 amide bonds. The number of ketones is 1. The van der Waals surface area contributed by atoms with Gasteiger partial charge in [-0.25, -0.2) is 0 Å². The van der Waals surface area contributed by atoms with Crippen LogP contribution in [0.2, 0.25) is 0 Å². The normalized spacial score (nSPS) is 12.6. The topological polar surface area (TPSA) is 87.2 Å². The first-order valence-corrected chi connectivity index (χ1v) is 3.52. The van der Waals surface area contributed by atoms with Crippen LogP contribution in [-0.4, -0.2) is 29.3 Å². The third kappa shape index (κ3) is 4.64. The molecule has 0 aliphatic heterocycles. The molecule has 0 aliphatic carbocycles. The molecule has 0 saturated carbocycles. The zero-order valence-corrected chi connectivity index (χ0v) is 6.63. The lowest BCUT2D eigenvalue weighted by Gasteiger charge is -2.06. The van der Waals surface area contributed by atoms with Gasteiger partial charge in [0.1, 0.15) is 0 Å². The van der Waals surface area contributed by atoms with Crippen LogP contribution in [0.3, 0.4) is 0 Å². The fourth-order valence-electron chi connectivity index (χ4n) is 0.659. The second-order valence-corrected chi connectivity index (χ2v) is 2.52. The lowest BCUT2D eigenvalue weighted by molar-refractivity contribution is -0.113. The highest BCUT2D eigenvalue weighted by atomic mass is 16.3. The molecule has 11 heavy (non-hydrogen) atoms. The van der Waals surface area contributed by atoms with E-state index in [0.717, 1.165) is 0 Å². The maximum atomic E-state index is 10.8. The number of carbonyl (C=O) groups excluding carboxylic acids is 1. The molecule has 0 heterocycles. The molecule has 64 valence electrons. The second kappa shape index (κ2) is 4.98. The van der Waals surface area contributed by atoms with E-state index >= 15 is 0 Å². The number of aliphatic hydroxyl groups is 1. The van der Waals surface area contributed by atoms with Gasteiger partial charge in [-0.3, -0.25) is 4.79 Å². The Labute approximate surface area is 65.9 Å². The van der Waals surface area contributed by atoms with E-state index in [-0.39, 0.29) is 30.6 Å². The molecule has 4 nitrogen and oxygen atoms in total. The van der Waals surface area contributed by atoms with Gasteiger partial charge in [0.15, 0.2) is 5.78 Å². The largest absolute Gasteiger partial charge is 0.396 e. The van der Waals surface area contributed by atoms with E-state index < -0.39 is 0 Å². The van der Waals surface area contributed by atoms with Crippen molar-refractivity contribution in [3.8, 4) is 0 Å². The molecular formula is C7H14N2O2. The first-order chi connectivity index (χ1) is 5.07. The molecule has 0 radical (unpaired) electrons. The summed E-state index contributed by atoms with van der Waals surface area (Å²) in [5.74, 6) is -0.244. The van der Waals surface area contributed by atoms with Crippen molar-refractivity contribution < 1.29 is 9.90 Å². The third-order valence-corrected chi connectivity index (χ3v) is 1.37. The van der Waals surface area contributed by atoms with E-state index in [0.29, 0.717) is 6.42 Å². The maximum absolute atomic E-state index is 10.8. The monoisotopic (exact) mass is 158 g/mol. The Morgan fingerprint density at radius 1 is 1.73 bits per heavy atom. The molecule has 0 aromatic heterocycles. The minimum Gasteiger partial charge on any atom is -0.396 e.